The maximum absolute atomic E-state index is 15.4. The first-order valence-corrected chi connectivity index (χ1v) is 25.5. The molecule has 0 saturated heterocycles. The van der Waals surface area contributed by atoms with E-state index in [0.717, 1.165) is 65.2 Å². The average Bonchev–Trinajstić information content (AvgIpc) is 3.60. The Bertz CT molecular complexity index is 3740. The van der Waals surface area contributed by atoms with Crippen LogP contribution in [0, 0.1) is 25.2 Å². The average molecular weight is 1120 g/mol. The zero-order valence-corrected chi connectivity index (χ0v) is 43.8. The summed E-state index contributed by atoms with van der Waals surface area (Å²) >= 11 is 0.696. The number of benzene rings is 9. The first-order chi connectivity index (χ1) is 39.0. The molecule has 0 saturated carbocycles. The molecular weight excluding hydrogens is 1070 g/mol. The van der Waals surface area contributed by atoms with Crippen LogP contribution in [0.3, 0.4) is 0 Å². The van der Waals surface area contributed by atoms with Crippen LogP contribution in [0.25, 0.3) is 22.3 Å². The topological polar surface area (TPSA) is 169 Å². The summed E-state index contributed by atoms with van der Waals surface area (Å²) in [5.74, 6) is 1.61. The van der Waals surface area contributed by atoms with Crippen LogP contribution >= 0.6 is 12.0 Å². The Morgan fingerprint density at radius 3 is 1.47 bits per heavy atom. The van der Waals surface area contributed by atoms with Gasteiger partial charge in [0.1, 0.15) is 52.1 Å². The molecule has 0 aliphatic heterocycles. The first-order valence-electron chi connectivity index (χ1n) is 24.8. The van der Waals surface area contributed by atoms with Crippen LogP contribution in [0.2, 0.25) is 0 Å². The Hall–Kier alpha value is -8.93. The van der Waals surface area contributed by atoms with Crippen LogP contribution in [-0.4, -0.2) is 23.4 Å². The largest absolute Gasteiger partial charge is 0.457 e. The van der Waals surface area contributed by atoms with E-state index in [4.69, 9.17) is 35.7 Å². The van der Waals surface area contributed by atoms with Gasteiger partial charge in [-0.05, 0) is 149 Å². The minimum Gasteiger partial charge on any atom is -0.457 e. The molecule has 18 heteroatoms. The number of hydrogen-bond donors (Lipinski definition) is 3. The minimum atomic E-state index is -5.89. The van der Waals surface area contributed by atoms with Crippen LogP contribution in [0.4, 0.5) is 26.3 Å². The molecule has 0 unspecified atom stereocenters. The zero-order chi connectivity index (χ0) is 57.5. The van der Waals surface area contributed by atoms with Gasteiger partial charge in [-0.15, -0.1) is 4.33 Å². The van der Waals surface area contributed by atoms with E-state index in [-0.39, 0.29) is 41.9 Å². The van der Waals surface area contributed by atoms with Crippen LogP contribution in [-0.2, 0) is 27.9 Å². The fourth-order valence-corrected chi connectivity index (χ4v) is 9.77. The van der Waals surface area contributed by atoms with E-state index in [1.165, 1.54) is 0 Å². The second-order valence-corrected chi connectivity index (χ2v) is 19.1. The Morgan fingerprint density at radius 2 is 0.975 bits per heavy atom. The third-order valence-corrected chi connectivity index (χ3v) is 14.0. The SMILES string of the molecule is Cc1ccc(-c2cccc(Oc3ccc(C(c4ccc(Oc5cccc(Oc6ccc(-c7ccc(Oc8cccc(C)c8C#N)cc7)cc6)c5CN)cc4)(C(F)(F)F)C(F)(F)F)cc3)c2CN)cc1C(=O)c1cccc(SOOO)c1. The third kappa shape index (κ3) is 12.0. The summed E-state index contributed by atoms with van der Waals surface area (Å²) in [5.41, 5.74) is 12.0. The van der Waals surface area contributed by atoms with Gasteiger partial charge in [-0.25, -0.2) is 5.26 Å². The molecule has 0 radical (unpaired) electrons. The van der Waals surface area contributed by atoms with Crippen molar-refractivity contribution < 1.29 is 64.7 Å². The van der Waals surface area contributed by atoms with Crippen molar-refractivity contribution in [3.05, 3.63) is 244 Å². The van der Waals surface area contributed by atoms with Gasteiger partial charge in [0, 0.05) is 34.7 Å². The Morgan fingerprint density at radius 1 is 0.531 bits per heavy atom. The molecular formula is C63H47F6N3O8S. The van der Waals surface area contributed by atoms with Crippen LogP contribution in [0.15, 0.2) is 199 Å². The van der Waals surface area contributed by atoms with Gasteiger partial charge in [-0.3, -0.25) is 4.79 Å². The molecule has 0 bridgehead atoms. The van der Waals surface area contributed by atoms with Gasteiger partial charge in [-0.2, -0.15) is 31.6 Å². The van der Waals surface area contributed by atoms with Gasteiger partial charge in [0.05, 0.1) is 23.2 Å². The second kappa shape index (κ2) is 24.2. The van der Waals surface area contributed by atoms with Gasteiger partial charge in [0.25, 0.3) is 0 Å². The van der Waals surface area contributed by atoms with E-state index in [0.29, 0.717) is 84.4 Å². The lowest BCUT2D eigenvalue weighted by Gasteiger charge is -2.38. The molecule has 0 atom stereocenters. The molecule has 9 rings (SSSR count). The van der Waals surface area contributed by atoms with Gasteiger partial charge in [-0.1, -0.05) is 108 Å². The monoisotopic (exact) mass is 1120 g/mol. The van der Waals surface area contributed by atoms with Gasteiger partial charge >= 0.3 is 12.4 Å². The molecule has 9 aromatic carbocycles. The molecule has 9 aromatic rings. The number of carbonyl (C=O) groups is 1. The molecule has 0 spiro atoms. The maximum Gasteiger partial charge on any atom is 0.411 e. The number of nitrogens with two attached hydrogens (primary N) is 2. The highest BCUT2D eigenvalue weighted by Crippen LogP contribution is 2.57. The summed E-state index contributed by atoms with van der Waals surface area (Å²) < 4.78 is 121. The molecule has 0 heterocycles. The lowest BCUT2D eigenvalue weighted by molar-refractivity contribution is -0.432. The van der Waals surface area contributed by atoms with Crippen molar-refractivity contribution in [2.24, 2.45) is 11.5 Å². The molecule has 410 valence electrons. The third-order valence-electron chi connectivity index (χ3n) is 13.4. The standard InChI is InChI=1S/C63H47F6N3O8S/c1-38-7-3-11-56(53(38)35-70)75-46-25-17-40(18-26-46)41-19-27-47(28-20-41)77-58-13-6-14-59(55(58)37-72)78-49-31-23-45(24-32-49)61(62(64,65)66,63(67,68)69)44-21-29-48(30-22-44)76-57-12-5-10-51(54(57)36-71)42-16-15-39(2)52(34-42)60(73)43-8-4-9-50(33-43)81-80-79-74/h3-34,74H,36-37,71-72H2,1-2H3. The summed E-state index contributed by atoms with van der Waals surface area (Å²) in [6.07, 6.45) is -11.8. The summed E-state index contributed by atoms with van der Waals surface area (Å²) in [6, 6.07) is 50.5. The summed E-state index contributed by atoms with van der Waals surface area (Å²) in [6.45, 7) is 3.40. The number of ether oxygens (including phenoxy) is 4. The predicted octanol–water partition coefficient (Wildman–Crippen LogP) is 16.7. The van der Waals surface area contributed by atoms with Crippen molar-refractivity contribution in [3.63, 3.8) is 0 Å². The first kappa shape index (κ1) is 56.8. The molecule has 11 nitrogen and oxygen atoms in total. The van der Waals surface area contributed by atoms with Gasteiger partial charge in [0.2, 0.25) is 5.41 Å². The van der Waals surface area contributed by atoms with E-state index in [1.54, 1.807) is 116 Å². The molecule has 0 fully saturated rings. The summed E-state index contributed by atoms with van der Waals surface area (Å²) in [4.78, 5) is 14.2. The number of hydrogen-bond acceptors (Lipinski definition) is 12. The fraction of sp³-hybridized carbons (Fsp3) is 0.111. The van der Waals surface area contributed by atoms with Crippen LogP contribution < -0.4 is 30.4 Å². The highest BCUT2D eigenvalue weighted by atomic mass is 32.2. The number of nitrogens with zero attached hydrogens (tertiary/aromatic N) is 1. The summed E-state index contributed by atoms with van der Waals surface area (Å²) in [7, 11) is 0. The number of ketones is 1. The quantitative estimate of drug-likeness (QED) is 0.0231. The Balaban J connectivity index is 0.915. The Kier molecular flexibility index (Phi) is 17.0. The minimum absolute atomic E-state index is 0.0742. The molecule has 81 heavy (non-hydrogen) atoms. The van der Waals surface area contributed by atoms with Crippen molar-refractivity contribution in [3.8, 4) is 74.3 Å². The smallest absolute Gasteiger partial charge is 0.411 e. The molecule has 0 aromatic heterocycles. The van der Waals surface area contributed by atoms with E-state index >= 15 is 26.3 Å². The lowest BCUT2D eigenvalue weighted by Crippen LogP contribution is -2.54. The Labute approximate surface area is 465 Å². The van der Waals surface area contributed by atoms with Crippen molar-refractivity contribution in [1.82, 2.24) is 0 Å². The van der Waals surface area contributed by atoms with Crippen molar-refractivity contribution in [2.75, 3.05) is 0 Å². The van der Waals surface area contributed by atoms with Crippen LogP contribution in [0.1, 0.15) is 54.9 Å². The molecule has 0 amide bonds. The van der Waals surface area contributed by atoms with E-state index in [2.05, 4.69) is 15.4 Å². The lowest BCUT2D eigenvalue weighted by atomic mass is 9.73. The number of rotatable bonds is 19. The number of carbonyl (C=O) groups excluding carboxylic acids is 1. The van der Waals surface area contributed by atoms with E-state index < -0.39 is 28.9 Å². The van der Waals surface area contributed by atoms with Crippen LogP contribution in [0.5, 0.6) is 46.0 Å². The fourth-order valence-electron chi connectivity index (χ4n) is 9.35. The van der Waals surface area contributed by atoms with Gasteiger partial charge in [0.15, 0.2) is 5.78 Å². The zero-order valence-electron chi connectivity index (χ0n) is 43.0. The van der Waals surface area contributed by atoms with Crippen molar-refractivity contribution >= 4 is 17.8 Å². The molecule has 0 aliphatic rings. The molecule has 5 N–H and O–H groups in total. The number of alkyl halides is 6. The highest BCUT2D eigenvalue weighted by Gasteiger charge is 2.72. The number of aryl methyl sites for hydroxylation is 2. The highest BCUT2D eigenvalue weighted by molar-refractivity contribution is 7.94. The van der Waals surface area contributed by atoms with E-state index in [9.17, 15) is 10.1 Å². The second-order valence-electron chi connectivity index (χ2n) is 18.3. The van der Waals surface area contributed by atoms with E-state index in [1.807, 2.05) is 43.3 Å². The maximum atomic E-state index is 15.4. The number of nitriles is 1. The van der Waals surface area contributed by atoms with Gasteiger partial charge < -0.3 is 30.4 Å². The number of halogens is 6. The van der Waals surface area contributed by atoms with Crippen molar-refractivity contribution in [1.29, 1.82) is 5.26 Å². The predicted molar refractivity (Wildman–Crippen MR) is 293 cm³/mol. The van der Waals surface area contributed by atoms with Crippen molar-refractivity contribution in [2.45, 2.75) is 49.6 Å². The normalized spacial score (nSPS) is 11.7. The summed E-state index contributed by atoms with van der Waals surface area (Å²) in [5, 5.41) is 21.8. The molecule has 0 aliphatic carbocycles.